The Bertz CT molecular complexity index is 603. The number of carbonyl (C=O) groups excluding carboxylic acids is 2. The highest BCUT2D eigenvalue weighted by Crippen LogP contribution is 2.36. The highest BCUT2D eigenvalue weighted by molar-refractivity contribution is 9.10. The first-order chi connectivity index (χ1) is 10.9. The molecule has 23 heavy (non-hydrogen) atoms. The smallest absolute Gasteiger partial charge is 0.168 e. The first-order valence-corrected chi connectivity index (χ1v) is 8.28. The fourth-order valence-corrected chi connectivity index (χ4v) is 3.29. The molecule has 124 valence electrons. The molecule has 0 aliphatic heterocycles. The molecule has 0 aromatic heterocycles. The predicted molar refractivity (Wildman–Crippen MR) is 90.7 cm³/mol. The average Bonchev–Trinajstić information content (AvgIpc) is 2.45. The van der Waals surface area contributed by atoms with Crippen LogP contribution in [0.15, 0.2) is 34.4 Å². The van der Waals surface area contributed by atoms with Gasteiger partial charge in [-0.05, 0) is 26.2 Å². The molecule has 0 radical (unpaired) electrons. The topological polar surface area (TPSA) is 49.4 Å². The van der Waals surface area contributed by atoms with Crippen LogP contribution in [0.25, 0.3) is 0 Å². The van der Waals surface area contributed by atoms with Gasteiger partial charge in [0.2, 0.25) is 0 Å². The Balaban J connectivity index is 2.09. The minimum absolute atomic E-state index is 0.145. The van der Waals surface area contributed by atoms with E-state index >= 15 is 0 Å². The van der Waals surface area contributed by atoms with Crippen molar-refractivity contribution in [2.45, 2.75) is 18.8 Å². The predicted octanol–water partition coefficient (Wildman–Crippen LogP) is 2.64. The van der Waals surface area contributed by atoms with Crippen molar-refractivity contribution in [2.24, 2.45) is 0 Å². The van der Waals surface area contributed by atoms with Gasteiger partial charge >= 0.3 is 0 Å². The molecule has 0 spiro atoms. The Labute approximate surface area is 143 Å². The van der Waals surface area contributed by atoms with E-state index in [2.05, 4.69) is 21.2 Å². The maximum absolute atomic E-state index is 14.0. The van der Waals surface area contributed by atoms with Crippen LogP contribution < -0.4 is 5.32 Å². The first kappa shape index (κ1) is 17.8. The molecule has 1 fully saturated rings. The number of nitrogens with zero attached hydrogens (tertiary/aromatic N) is 1. The van der Waals surface area contributed by atoms with Crippen molar-refractivity contribution in [3.05, 3.63) is 45.8 Å². The minimum Gasteiger partial charge on any atom is -0.389 e. The van der Waals surface area contributed by atoms with Crippen LogP contribution in [0.4, 0.5) is 4.39 Å². The normalized spacial score (nSPS) is 18.5. The summed E-state index contributed by atoms with van der Waals surface area (Å²) in [5.41, 5.74) is 0.598. The lowest BCUT2D eigenvalue weighted by molar-refractivity contribution is -0.124. The number of ketones is 2. The lowest BCUT2D eigenvalue weighted by Gasteiger charge is -2.23. The maximum Gasteiger partial charge on any atom is 0.168 e. The van der Waals surface area contributed by atoms with Crippen LogP contribution in [0.3, 0.4) is 0 Å². The Kier molecular flexibility index (Phi) is 6.07. The quantitative estimate of drug-likeness (QED) is 0.483. The Morgan fingerprint density at radius 1 is 1.30 bits per heavy atom. The molecule has 6 heteroatoms. The number of likely N-dealkylation sites (N-methyl/N-ethyl adjacent to an activating group) is 1. The van der Waals surface area contributed by atoms with E-state index in [1.54, 1.807) is 12.1 Å². The molecule has 0 amide bonds. The van der Waals surface area contributed by atoms with E-state index in [-0.39, 0.29) is 35.8 Å². The summed E-state index contributed by atoms with van der Waals surface area (Å²) >= 11 is 3.31. The Morgan fingerprint density at radius 3 is 2.52 bits per heavy atom. The van der Waals surface area contributed by atoms with E-state index in [1.165, 1.54) is 12.3 Å². The van der Waals surface area contributed by atoms with E-state index in [9.17, 15) is 14.0 Å². The molecule has 4 nitrogen and oxygen atoms in total. The molecule has 1 saturated carbocycles. The van der Waals surface area contributed by atoms with Gasteiger partial charge in [-0.2, -0.15) is 0 Å². The fourth-order valence-electron chi connectivity index (χ4n) is 2.62. The van der Waals surface area contributed by atoms with Crippen LogP contribution in [0.5, 0.6) is 0 Å². The molecule has 1 aliphatic carbocycles. The van der Waals surface area contributed by atoms with Crippen molar-refractivity contribution in [2.75, 3.05) is 27.2 Å². The molecule has 1 N–H and O–H groups in total. The number of rotatable bonds is 5. The number of hydrogen-bond donors (Lipinski definition) is 1. The first-order valence-electron chi connectivity index (χ1n) is 7.48. The molecule has 2 rings (SSSR count). The zero-order valence-corrected chi connectivity index (χ0v) is 14.8. The third-order valence-electron chi connectivity index (χ3n) is 3.82. The van der Waals surface area contributed by atoms with Crippen LogP contribution in [-0.4, -0.2) is 43.7 Å². The zero-order valence-electron chi connectivity index (χ0n) is 13.2. The van der Waals surface area contributed by atoms with Crippen molar-refractivity contribution in [3.8, 4) is 0 Å². The molecule has 1 aliphatic rings. The molecule has 0 bridgehead atoms. The van der Waals surface area contributed by atoms with Crippen molar-refractivity contribution < 1.29 is 14.0 Å². The van der Waals surface area contributed by atoms with Gasteiger partial charge in [-0.1, -0.05) is 22.0 Å². The number of halogens is 2. The van der Waals surface area contributed by atoms with E-state index in [1.807, 2.05) is 19.0 Å². The Hall–Kier alpha value is -1.53. The number of nitrogens with one attached hydrogen (secondary N) is 1. The largest absolute Gasteiger partial charge is 0.389 e. The van der Waals surface area contributed by atoms with Gasteiger partial charge < -0.3 is 10.2 Å². The van der Waals surface area contributed by atoms with Gasteiger partial charge in [0.25, 0.3) is 0 Å². The molecule has 0 saturated heterocycles. The van der Waals surface area contributed by atoms with Gasteiger partial charge in [0.1, 0.15) is 5.82 Å². The van der Waals surface area contributed by atoms with Crippen LogP contribution >= 0.6 is 15.9 Å². The van der Waals surface area contributed by atoms with Crippen LogP contribution in [-0.2, 0) is 9.59 Å². The monoisotopic (exact) mass is 382 g/mol. The summed E-state index contributed by atoms with van der Waals surface area (Å²) in [6.45, 7) is 1.45. The van der Waals surface area contributed by atoms with Gasteiger partial charge in [-0.25, -0.2) is 4.39 Å². The second-order valence-electron chi connectivity index (χ2n) is 5.90. The second kappa shape index (κ2) is 7.84. The molecular formula is C17H20BrFN2O2. The molecule has 0 unspecified atom stereocenters. The zero-order chi connectivity index (χ0) is 17.0. The van der Waals surface area contributed by atoms with E-state index < -0.39 is 5.92 Å². The average molecular weight is 383 g/mol. The van der Waals surface area contributed by atoms with Gasteiger partial charge in [0, 0.05) is 48.1 Å². The molecule has 1 aromatic rings. The lowest BCUT2D eigenvalue weighted by Crippen LogP contribution is -2.29. The number of allylic oxidation sites excluding steroid dienone is 1. The summed E-state index contributed by atoms with van der Waals surface area (Å²) in [5.74, 6) is -1.27. The highest BCUT2D eigenvalue weighted by Gasteiger charge is 2.33. The maximum atomic E-state index is 14.0. The van der Waals surface area contributed by atoms with Crippen molar-refractivity contribution in [1.29, 1.82) is 0 Å². The molecule has 0 atom stereocenters. The Morgan fingerprint density at radius 2 is 1.96 bits per heavy atom. The number of carbonyl (C=O) groups is 2. The summed E-state index contributed by atoms with van der Waals surface area (Å²) in [6.07, 6.45) is 1.79. The van der Waals surface area contributed by atoms with Gasteiger partial charge in [0.15, 0.2) is 11.6 Å². The highest BCUT2D eigenvalue weighted by atomic mass is 79.9. The summed E-state index contributed by atoms with van der Waals surface area (Å²) in [4.78, 5) is 26.5. The van der Waals surface area contributed by atoms with Crippen molar-refractivity contribution in [3.63, 3.8) is 0 Å². The minimum atomic E-state index is -0.412. The summed E-state index contributed by atoms with van der Waals surface area (Å²) in [7, 11) is 3.89. The van der Waals surface area contributed by atoms with Crippen LogP contribution in [0.1, 0.15) is 24.3 Å². The number of hydrogen-bond acceptors (Lipinski definition) is 4. The second-order valence-corrected chi connectivity index (χ2v) is 6.76. The third kappa shape index (κ3) is 4.48. The number of benzene rings is 1. The standard InChI is InChI=1S/C17H20BrFN2O2/c1-21(2)7-6-20-10-12-15(22)8-11(9-16(12)23)17-13(18)4-3-5-14(17)19/h3-5,10-11,20H,6-9H2,1-2H3. The van der Waals surface area contributed by atoms with Crippen molar-refractivity contribution >= 4 is 27.5 Å². The summed E-state index contributed by atoms with van der Waals surface area (Å²) in [5, 5.41) is 3.00. The summed E-state index contributed by atoms with van der Waals surface area (Å²) in [6, 6.07) is 4.67. The van der Waals surface area contributed by atoms with Crippen LogP contribution in [0.2, 0.25) is 0 Å². The number of Topliss-reactive ketones (excluding diaryl/α,β-unsaturated/α-hetero) is 2. The van der Waals surface area contributed by atoms with Crippen molar-refractivity contribution in [1.82, 2.24) is 10.2 Å². The van der Waals surface area contributed by atoms with Crippen LogP contribution in [0, 0.1) is 5.82 Å². The SMILES string of the molecule is CN(C)CCNC=C1C(=O)CC(c2c(F)cccc2Br)CC1=O. The van der Waals surface area contributed by atoms with Gasteiger partial charge in [0.05, 0.1) is 5.57 Å². The van der Waals surface area contributed by atoms with Gasteiger partial charge in [-0.15, -0.1) is 0 Å². The summed E-state index contributed by atoms with van der Waals surface area (Å²) < 4.78 is 14.6. The van der Waals surface area contributed by atoms with E-state index in [0.717, 1.165) is 6.54 Å². The van der Waals surface area contributed by atoms with E-state index in [0.29, 0.717) is 16.6 Å². The van der Waals surface area contributed by atoms with Gasteiger partial charge in [-0.3, -0.25) is 9.59 Å². The molecule has 1 aromatic carbocycles. The lowest BCUT2D eigenvalue weighted by atomic mass is 9.80. The third-order valence-corrected chi connectivity index (χ3v) is 4.51. The molecular weight excluding hydrogens is 363 g/mol. The van der Waals surface area contributed by atoms with E-state index in [4.69, 9.17) is 0 Å². The fraction of sp³-hybridized carbons (Fsp3) is 0.412. The molecule has 0 heterocycles.